The van der Waals surface area contributed by atoms with Crippen LogP contribution >= 0.6 is 7.60 Å². The van der Waals surface area contributed by atoms with Crippen LogP contribution in [0.2, 0.25) is 0 Å². The first-order valence-corrected chi connectivity index (χ1v) is 7.31. The first-order valence-electron chi connectivity index (χ1n) is 5.76. The fourth-order valence-electron chi connectivity index (χ4n) is 1.37. The van der Waals surface area contributed by atoms with E-state index in [0.29, 0.717) is 12.0 Å². The number of benzene rings is 1. The molecule has 0 fully saturated rings. The van der Waals surface area contributed by atoms with Gasteiger partial charge in [0.25, 0.3) is 0 Å². The Hall–Kier alpha value is -1.42. The molecular formula is C13H17O5P. The molecule has 0 aliphatic heterocycles. The van der Waals surface area contributed by atoms with E-state index < -0.39 is 13.6 Å². The molecule has 19 heavy (non-hydrogen) atoms. The molecule has 1 aromatic rings. The van der Waals surface area contributed by atoms with E-state index in [1.54, 1.807) is 30.3 Å². The highest BCUT2D eigenvalue weighted by atomic mass is 31.2. The van der Waals surface area contributed by atoms with Crippen LogP contribution < -0.4 is 0 Å². The third kappa shape index (κ3) is 4.03. The molecule has 0 aliphatic carbocycles. The van der Waals surface area contributed by atoms with Crippen molar-refractivity contribution < 1.29 is 23.1 Å². The van der Waals surface area contributed by atoms with Gasteiger partial charge in [-0.25, -0.2) is 4.79 Å². The van der Waals surface area contributed by atoms with Crippen LogP contribution in [0.15, 0.2) is 41.9 Å². The molecule has 0 heterocycles. The van der Waals surface area contributed by atoms with Crippen molar-refractivity contribution >= 4 is 13.6 Å². The lowest BCUT2D eigenvalue weighted by atomic mass is 10.2. The molecule has 1 aromatic carbocycles. The number of rotatable bonds is 6. The van der Waals surface area contributed by atoms with E-state index in [1.165, 1.54) is 20.3 Å². The molecule has 6 heteroatoms. The van der Waals surface area contributed by atoms with Crippen LogP contribution in [0.1, 0.15) is 23.7 Å². The van der Waals surface area contributed by atoms with Crippen LogP contribution in [0.5, 0.6) is 0 Å². The number of hydrogen-bond acceptors (Lipinski definition) is 5. The number of allylic oxidation sites excluding steroid dienone is 1. The van der Waals surface area contributed by atoms with Gasteiger partial charge >= 0.3 is 13.6 Å². The number of carbonyl (C=O) groups excluding carboxylic acids is 1. The number of ether oxygens (including phenoxy) is 1. The van der Waals surface area contributed by atoms with Crippen LogP contribution in [0.25, 0.3) is 0 Å². The van der Waals surface area contributed by atoms with Crippen molar-refractivity contribution in [2.24, 2.45) is 0 Å². The fraction of sp³-hybridized carbons (Fsp3) is 0.308. The van der Waals surface area contributed by atoms with Crippen molar-refractivity contribution in [2.45, 2.75) is 13.3 Å². The van der Waals surface area contributed by atoms with Gasteiger partial charge in [-0.1, -0.05) is 25.1 Å². The highest BCUT2D eigenvalue weighted by molar-refractivity contribution is 7.58. The van der Waals surface area contributed by atoms with Crippen molar-refractivity contribution in [2.75, 3.05) is 14.2 Å². The largest absolute Gasteiger partial charge is 0.415 e. The summed E-state index contributed by atoms with van der Waals surface area (Å²) in [4.78, 5) is 11.9. The Morgan fingerprint density at radius 3 is 2.26 bits per heavy atom. The van der Waals surface area contributed by atoms with Crippen LogP contribution in [0.4, 0.5) is 0 Å². The molecule has 0 N–H and O–H groups in total. The second kappa shape index (κ2) is 7.24. The average molecular weight is 284 g/mol. The van der Waals surface area contributed by atoms with Crippen molar-refractivity contribution in [1.29, 1.82) is 0 Å². The lowest BCUT2D eigenvalue weighted by Gasteiger charge is -2.16. The smallest absolute Gasteiger partial charge is 0.395 e. The molecule has 0 atom stereocenters. The number of carbonyl (C=O) groups is 1. The van der Waals surface area contributed by atoms with Crippen molar-refractivity contribution in [3.63, 3.8) is 0 Å². The molecule has 0 saturated carbocycles. The summed E-state index contributed by atoms with van der Waals surface area (Å²) in [5.41, 5.74) is 0.275. The summed E-state index contributed by atoms with van der Waals surface area (Å²) in [5.74, 6) is -0.602. The van der Waals surface area contributed by atoms with Crippen LogP contribution in [0.3, 0.4) is 0 Å². The van der Waals surface area contributed by atoms with E-state index in [0.717, 1.165) is 0 Å². The third-order valence-corrected chi connectivity index (χ3v) is 4.11. The summed E-state index contributed by atoms with van der Waals surface area (Å²) >= 11 is 0. The molecule has 0 saturated heterocycles. The maximum absolute atomic E-state index is 12.2. The van der Waals surface area contributed by atoms with Crippen LogP contribution in [-0.2, 0) is 18.3 Å². The summed E-state index contributed by atoms with van der Waals surface area (Å²) in [7, 11) is -1.08. The monoisotopic (exact) mass is 284 g/mol. The molecular weight excluding hydrogens is 267 g/mol. The van der Waals surface area contributed by atoms with Gasteiger partial charge in [-0.3, -0.25) is 4.57 Å². The summed E-state index contributed by atoms with van der Waals surface area (Å²) in [6, 6.07) is 8.43. The van der Waals surface area contributed by atoms with E-state index in [1.807, 2.05) is 6.92 Å². The number of hydrogen-bond donors (Lipinski definition) is 0. The van der Waals surface area contributed by atoms with E-state index in [-0.39, 0.29) is 5.50 Å². The summed E-state index contributed by atoms with van der Waals surface area (Å²) in [6.45, 7) is 1.83. The van der Waals surface area contributed by atoms with E-state index in [4.69, 9.17) is 13.8 Å². The molecule has 1 rings (SSSR count). The molecule has 104 valence electrons. The third-order valence-electron chi connectivity index (χ3n) is 2.34. The topological polar surface area (TPSA) is 61.8 Å². The maximum Gasteiger partial charge on any atom is 0.395 e. The zero-order chi connectivity index (χ0) is 14.3. The van der Waals surface area contributed by atoms with E-state index in [9.17, 15) is 9.36 Å². The molecule has 0 spiro atoms. The quantitative estimate of drug-likeness (QED) is 0.454. The Morgan fingerprint density at radius 1 is 1.21 bits per heavy atom. The van der Waals surface area contributed by atoms with Crippen molar-refractivity contribution in [3.8, 4) is 0 Å². The summed E-state index contributed by atoms with van der Waals surface area (Å²) in [6.07, 6.45) is 2.04. The molecule has 5 nitrogen and oxygen atoms in total. The van der Waals surface area contributed by atoms with E-state index in [2.05, 4.69) is 0 Å². The van der Waals surface area contributed by atoms with Gasteiger partial charge in [-0.05, 0) is 24.6 Å². The van der Waals surface area contributed by atoms with Gasteiger partial charge in [0.2, 0.25) is 5.50 Å². The summed E-state index contributed by atoms with van der Waals surface area (Å²) in [5, 5.41) is 0. The Morgan fingerprint density at radius 2 is 1.79 bits per heavy atom. The minimum absolute atomic E-state index is 0.0890. The Balaban J connectivity index is 2.96. The second-order valence-electron chi connectivity index (χ2n) is 3.57. The molecule has 0 amide bonds. The van der Waals surface area contributed by atoms with Gasteiger partial charge in [0.05, 0.1) is 5.56 Å². The molecule has 0 radical (unpaired) electrons. The standard InChI is InChI=1S/C13H17O5P/c1-4-8-12(19(15,16-2)17-3)18-13(14)11-9-6-5-7-10-11/h5-10H,4H2,1-3H3/b12-8+. The highest BCUT2D eigenvalue weighted by Crippen LogP contribution is 2.55. The molecule has 0 aliphatic rings. The predicted molar refractivity (Wildman–Crippen MR) is 71.9 cm³/mol. The highest BCUT2D eigenvalue weighted by Gasteiger charge is 2.31. The van der Waals surface area contributed by atoms with Gasteiger partial charge in [0, 0.05) is 14.2 Å². The lowest BCUT2D eigenvalue weighted by Crippen LogP contribution is -2.07. The maximum atomic E-state index is 12.2. The predicted octanol–water partition coefficient (Wildman–Crippen LogP) is 3.58. The Kier molecular flexibility index (Phi) is 5.96. The zero-order valence-corrected chi connectivity index (χ0v) is 12.1. The van der Waals surface area contributed by atoms with Crippen LogP contribution in [-0.4, -0.2) is 20.2 Å². The first kappa shape index (κ1) is 15.6. The summed E-state index contributed by atoms with van der Waals surface area (Å²) < 4.78 is 27.0. The van der Waals surface area contributed by atoms with E-state index >= 15 is 0 Å². The molecule has 0 unspecified atom stereocenters. The van der Waals surface area contributed by atoms with Gasteiger partial charge in [-0.15, -0.1) is 0 Å². The zero-order valence-electron chi connectivity index (χ0n) is 11.2. The van der Waals surface area contributed by atoms with Gasteiger partial charge in [0.1, 0.15) is 0 Å². The SMILES string of the molecule is CC/C=C(\OC(=O)c1ccccc1)P(=O)(OC)OC. The Bertz CT molecular complexity index is 487. The van der Waals surface area contributed by atoms with Gasteiger partial charge in [0.15, 0.2) is 0 Å². The average Bonchev–Trinajstić information content (AvgIpc) is 2.46. The van der Waals surface area contributed by atoms with Crippen LogP contribution in [0, 0.1) is 0 Å². The molecule has 0 aromatic heterocycles. The van der Waals surface area contributed by atoms with Gasteiger partial charge < -0.3 is 13.8 Å². The van der Waals surface area contributed by atoms with Crippen molar-refractivity contribution in [3.05, 3.63) is 47.5 Å². The first-order chi connectivity index (χ1) is 9.07. The molecule has 0 bridgehead atoms. The van der Waals surface area contributed by atoms with Crippen molar-refractivity contribution in [1.82, 2.24) is 0 Å². The Labute approximate surface area is 112 Å². The minimum atomic E-state index is -3.56. The lowest BCUT2D eigenvalue weighted by molar-refractivity contribution is 0.0631. The number of esters is 1. The van der Waals surface area contributed by atoms with Gasteiger partial charge in [-0.2, -0.15) is 0 Å². The minimum Gasteiger partial charge on any atom is -0.415 e. The fourth-order valence-corrected chi connectivity index (χ4v) is 2.48. The second-order valence-corrected chi connectivity index (χ2v) is 5.73. The normalized spacial score (nSPS) is 12.3.